The number of esters is 2. The zero-order valence-electron chi connectivity index (χ0n) is 17.4. The van der Waals surface area contributed by atoms with Gasteiger partial charge in [-0.25, -0.2) is 9.59 Å². The molecule has 1 aromatic heterocycles. The normalized spacial score (nSPS) is 10.1. The summed E-state index contributed by atoms with van der Waals surface area (Å²) in [4.78, 5) is 41.1. The minimum atomic E-state index is -0.786. The van der Waals surface area contributed by atoms with Gasteiger partial charge in [-0.2, -0.15) is 10.2 Å². The number of rotatable bonds is 8. The highest BCUT2D eigenvalue weighted by Gasteiger charge is 2.17. The van der Waals surface area contributed by atoms with Crippen LogP contribution in [-0.2, 0) is 0 Å². The molecule has 1 heterocycles. The number of nitrogens with zero attached hydrogens (tertiary/aromatic N) is 2. The molecule has 0 aliphatic carbocycles. The number of carbonyl (C=O) groups is 3. The number of hydrogen-bond donors (Lipinski definition) is 0. The molecule has 2 aromatic carbocycles. The summed E-state index contributed by atoms with van der Waals surface area (Å²) in [5, 5.41) is 9.32. The molecule has 7 heteroatoms. The summed E-state index contributed by atoms with van der Waals surface area (Å²) < 4.78 is 10.5. The van der Waals surface area contributed by atoms with Gasteiger partial charge in [0.15, 0.2) is 5.78 Å². The van der Waals surface area contributed by atoms with Crippen molar-refractivity contribution in [1.82, 2.24) is 4.98 Å². The van der Waals surface area contributed by atoms with Crippen LogP contribution in [-0.4, -0.2) is 22.7 Å². The second-order valence-corrected chi connectivity index (χ2v) is 6.87. The van der Waals surface area contributed by atoms with Crippen LogP contribution >= 0.6 is 0 Å². The lowest BCUT2D eigenvalue weighted by Gasteiger charge is -2.09. The summed E-state index contributed by atoms with van der Waals surface area (Å²) in [7, 11) is 0. The van der Waals surface area contributed by atoms with Crippen molar-refractivity contribution in [2.24, 2.45) is 0 Å². The Kier molecular flexibility index (Phi) is 7.44. The first-order chi connectivity index (χ1) is 15.5. The van der Waals surface area contributed by atoms with Crippen molar-refractivity contribution in [3.05, 3.63) is 89.0 Å². The van der Waals surface area contributed by atoms with Crippen LogP contribution in [0.15, 0.2) is 66.7 Å². The second kappa shape index (κ2) is 10.6. The third-order valence-electron chi connectivity index (χ3n) is 4.53. The molecular formula is C25H20N2O5. The first kappa shape index (κ1) is 22.4. The van der Waals surface area contributed by atoms with Crippen molar-refractivity contribution in [1.29, 1.82) is 5.26 Å². The fraction of sp³-hybridized carbons (Fsp3) is 0.160. The van der Waals surface area contributed by atoms with E-state index in [9.17, 15) is 19.6 Å². The van der Waals surface area contributed by atoms with Gasteiger partial charge in [0.2, 0.25) is 11.8 Å². The van der Waals surface area contributed by atoms with E-state index in [2.05, 4.69) is 4.98 Å². The molecule has 0 saturated carbocycles. The van der Waals surface area contributed by atoms with Gasteiger partial charge in [-0.15, -0.1) is 0 Å². The molecule has 3 rings (SSSR count). The van der Waals surface area contributed by atoms with Crippen LogP contribution in [0, 0.1) is 11.3 Å². The van der Waals surface area contributed by atoms with Crippen molar-refractivity contribution in [2.45, 2.75) is 26.2 Å². The summed E-state index contributed by atoms with van der Waals surface area (Å²) in [6, 6.07) is 19.1. The van der Waals surface area contributed by atoms with Gasteiger partial charge in [0.25, 0.3) is 0 Å². The van der Waals surface area contributed by atoms with Crippen LogP contribution in [0.4, 0.5) is 0 Å². The minimum absolute atomic E-state index is 0.00645. The molecule has 0 amide bonds. The fourth-order valence-electron chi connectivity index (χ4n) is 2.82. The SMILES string of the molecule is CCCCC(=O)c1cccc(C(=O)Oc2nc(OC(=O)c3ccccc3)ccc2C#N)c1. The molecule has 0 fully saturated rings. The Balaban J connectivity index is 1.78. The number of benzene rings is 2. The van der Waals surface area contributed by atoms with E-state index in [1.165, 1.54) is 24.3 Å². The highest BCUT2D eigenvalue weighted by atomic mass is 16.6. The van der Waals surface area contributed by atoms with Gasteiger partial charge < -0.3 is 9.47 Å². The lowest BCUT2D eigenvalue weighted by atomic mass is 10.0. The number of hydrogen-bond acceptors (Lipinski definition) is 7. The van der Waals surface area contributed by atoms with Gasteiger partial charge in [-0.05, 0) is 36.8 Å². The van der Waals surface area contributed by atoms with E-state index in [-0.39, 0.29) is 28.7 Å². The summed E-state index contributed by atoms with van der Waals surface area (Å²) in [5.74, 6) is -1.90. The summed E-state index contributed by atoms with van der Waals surface area (Å²) in [5.41, 5.74) is 0.867. The van der Waals surface area contributed by atoms with Gasteiger partial charge >= 0.3 is 11.9 Å². The van der Waals surface area contributed by atoms with Gasteiger partial charge in [-0.3, -0.25) is 4.79 Å². The highest BCUT2D eigenvalue weighted by Crippen LogP contribution is 2.22. The maximum Gasteiger partial charge on any atom is 0.344 e. The number of aromatic nitrogens is 1. The average molecular weight is 428 g/mol. The van der Waals surface area contributed by atoms with Crippen LogP contribution < -0.4 is 9.47 Å². The van der Waals surface area contributed by atoms with Crippen LogP contribution in [0.5, 0.6) is 11.8 Å². The van der Waals surface area contributed by atoms with Crippen molar-refractivity contribution < 1.29 is 23.9 Å². The average Bonchev–Trinajstić information content (AvgIpc) is 2.83. The van der Waals surface area contributed by atoms with Gasteiger partial charge in [-0.1, -0.05) is 43.7 Å². The van der Waals surface area contributed by atoms with Crippen LogP contribution in [0.2, 0.25) is 0 Å². The first-order valence-electron chi connectivity index (χ1n) is 10.1. The topological polar surface area (TPSA) is 106 Å². The first-order valence-corrected chi connectivity index (χ1v) is 10.1. The molecule has 32 heavy (non-hydrogen) atoms. The number of unbranched alkanes of at least 4 members (excludes halogenated alkanes) is 1. The quantitative estimate of drug-likeness (QED) is 0.376. The molecule has 3 aromatic rings. The van der Waals surface area contributed by atoms with Crippen molar-refractivity contribution in [3.8, 4) is 17.8 Å². The van der Waals surface area contributed by atoms with Gasteiger partial charge in [0.05, 0.1) is 11.1 Å². The smallest absolute Gasteiger partial charge is 0.344 e. The largest absolute Gasteiger partial charge is 0.404 e. The lowest BCUT2D eigenvalue weighted by Crippen LogP contribution is -2.13. The Hall–Kier alpha value is -4.31. The fourth-order valence-corrected chi connectivity index (χ4v) is 2.82. The minimum Gasteiger partial charge on any atom is -0.404 e. The molecule has 7 nitrogen and oxygen atoms in total. The maximum absolute atomic E-state index is 12.6. The molecule has 0 unspecified atom stereocenters. The summed E-state index contributed by atoms with van der Waals surface area (Å²) in [6.07, 6.45) is 2.04. The number of pyridine rings is 1. The molecule has 0 saturated heterocycles. The van der Waals surface area contributed by atoms with Crippen molar-refractivity contribution in [2.75, 3.05) is 0 Å². The summed E-state index contributed by atoms with van der Waals surface area (Å²) in [6.45, 7) is 1.99. The predicted molar refractivity (Wildman–Crippen MR) is 116 cm³/mol. The van der Waals surface area contributed by atoms with Crippen LogP contribution in [0.1, 0.15) is 62.8 Å². The number of ether oxygens (including phenoxy) is 2. The third-order valence-corrected chi connectivity index (χ3v) is 4.53. The molecule has 0 aliphatic heterocycles. The molecule has 0 bridgehead atoms. The molecule has 0 aliphatic rings. The Morgan fingerprint density at radius 2 is 1.56 bits per heavy atom. The lowest BCUT2D eigenvalue weighted by molar-refractivity contribution is 0.0717. The van der Waals surface area contributed by atoms with Gasteiger partial charge in [0.1, 0.15) is 11.6 Å². The van der Waals surface area contributed by atoms with E-state index in [1.54, 1.807) is 42.5 Å². The monoisotopic (exact) mass is 428 g/mol. The van der Waals surface area contributed by atoms with Crippen molar-refractivity contribution in [3.63, 3.8) is 0 Å². The second-order valence-electron chi connectivity index (χ2n) is 6.87. The number of nitriles is 1. The molecular weight excluding hydrogens is 408 g/mol. The van der Waals surface area contributed by atoms with Crippen molar-refractivity contribution >= 4 is 17.7 Å². The molecule has 0 radical (unpaired) electrons. The molecule has 0 atom stereocenters. The molecule has 0 spiro atoms. The van der Waals surface area contributed by atoms with E-state index in [1.807, 2.05) is 13.0 Å². The number of ketones is 1. The third kappa shape index (κ3) is 5.64. The van der Waals surface area contributed by atoms with Crippen LogP contribution in [0.3, 0.4) is 0 Å². The molecule has 0 N–H and O–H groups in total. The Morgan fingerprint density at radius 3 is 2.28 bits per heavy atom. The Bertz CT molecular complexity index is 1180. The van der Waals surface area contributed by atoms with Crippen LogP contribution in [0.25, 0.3) is 0 Å². The zero-order valence-corrected chi connectivity index (χ0v) is 17.4. The highest BCUT2D eigenvalue weighted by molar-refractivity contribution is 5.99. The van der Waals surface area contributed by atoms with E-state index in [4.69, 9.17) is 9.47 Å². The number of carbonyl (C=O) groups excluding carboxylic acids is 3. The Morgan fingerprint density at radius 1 is 0.875 bits per heavy atom. The maximum atomic E-state index is 12.6. The standard InChI is InChI=1S/C25H20N2O5/c1-2-3-12-21(28)18-10-7-11-19(15-18)25(30)32-23-20(16-26)13-14-22(27-23)31-24(29)17-8-5-4-6-9-17/h4-11,13-15H,2-3,12H2,1H3. The van der Waals surface area contributed by atoms with E-state index in [0.29, 0.717) is 17.5 Å². The van der Waals surface area contributed by atoms with Gasteiger partial charge in [0, 0.05) is 18.1 Å². The number of Topliss-reactive ketones (excluding diaryl/α,β-unsaturated/α-hetero) is 1. The van der Waals surface area contributed by atoms with E-state index in [0.717, 1.165) is 12.8 Å². The predicted octanol–water partition coefficient (Wildman–Crippen LogP) is 4.76. The summed E-state index contributed by atoms with van der Waals surface area (Å²) >= 11 is 0. The molecule has 160 valence electrons. The zero-order chi connectivity index (χ0) is 22.9. The van der Waals surface area contributed by atoms with E-state index < -0.39 is 11.9 Å². The van der Waals surface area contributed by atoms with E-state index >= 15 is 0 Å². The Labute approximate surface area is 185 Å².